The Morgan fingerprint density at radius 1 is 1.07 bits per heavy atom. The second kappa shape index (κ2) is 13.1. The van der Waals surface area contributed by atoms with Gasteiger partial charge in [0.1, 0.15) is 5.75 Å². The molecule has 0 atom stereocenters. The lowest BCUT2D eigenvalue weighted by molar-refractivity contribution is -0.111. The van der Waals surface area contributed by atoms with Crippen molar-refractivity contribution >= 4 is 28.9 Å². The molecule has 0 radical (unpaired) electrons. The molecule has 0 bridgehead atoms. The van der Waals surface area contributed by atoms with Crippen LogP contribution in [0.25, 0.3) is 17.1 Å². The van der Waals surface area contributed by atoms with E-state index in [1.807, 2.05) is 41.1 Å². The number of aromatic nitrogens is 4. The molecule has 11 nitrogen and oxygen atoms in total. The SMILES string of the molecule is C=CC(=O)Nc1cc(Nc2nccc(-n3cc(CN4CCCC4)c(-c4ccccc4)n3)n2)c(OC)cc1N1CCOCC1. The molecule has 2 aliphatic heterocycles. The Hall–Kier alpha value is -4.74. The van der Waals surface area contributed by atoms with Crippen LogP contribution in [0, 0.1) is 0 Å². The van der Waals surface area contributed by atoms with Gasteiger partial charge in [-0.05, 0) is 38.1 Å². The van der Waals surface area contributed by atoms with Crippen LogP contribution in [0.4, 0.5) is 23.0 Å². The number of anilines is 4. The number of rotatable bonds is 10. The van der Waals surface area contributed by atoms with Crippen molar-refractivity contribution in [2.24, 2.45) is 0 Å². The number of benzene rings is 2. The van der Waals surface area contributed by atoms with E-state index in [1.165, 1.54) is 18.9 Å². The molecule has 2 N–H and O–H groups in total. The summed E-state index contributed by atoms with van der Waals surface area (Å²) in [5.74, 6) is 1.28. The highest BCUT2D eigenvalue weighted by Crippen LogP contribution is 2.38. The monoisotopic (exact) mass is 580 g/mol. The molecular weight excluding hydrogens is 544 g/mol. The van der Waals surface area contributed by atoms with Gasteiger partial charge in [0.2, 0.25) is 11.9 Å². The van der Waals surface area contributed by atoms with E-state index in [2.05, 4.69) is 50.3 Å². The topological polar surface area (TPSA) is 110 Å². The smallest absolute Gasteiger partial charge is 0.247 e. The number of hydrogen-bond acceptors (Lipinski definition) is 9. The van der Waals surface area contributed by atoms with Crippen LogP contribution in [0.15, 0.2) is 73.6 Å². The Labute approximate surface area is 251 Å². The number of carbonyl (C=O) groups is 1. The minimum atomic E-state index is -0.304. The Kier molecular flexibility index (Phi) is 8.62. The van der Waals surface area contributed by atoms with Crippen molar-refractivity contribution in [2.45, 2.75) is 19.4 Å². The molecule has 11 heteroatoms. The Bertz CT molecular complexity index is 1580. The van der Waals surface area contributed by atoms with Crippen molar-refractivity contribution in [3.8, 4) is 22.8 Å². The van der Waals surface area contributed by atoms with Crippen LogP contribution in [-0.4, -0.2) is 77.1 Å². The van der Waals surface area contributed by atoms with Gasteiger partial charge in [-0.15, -0.1) is 0 Å². The zero-order valence-electron chi connectivity index (χ0n) is 24.3. The maximum absolute atomic E-state index is 12.3. The standard InChI is InChI=1S/C32H36N8O3/c1-3-30(41)34-25-19-26(28(42-2)20-27(25)39-15-17-43-18-16-39)35-32-33-12-11-29(36-32)40-22-24(21-38-13-7-8-14-38)31(37-40)23-9-5-4-6-10-23/h3-6,9-12,19-20,22H,1,7-8,13-18,21H2,2H3,(H,34,41)(H,33,35,36). The summed E-state index contributed by atoms with van der Waals surface area (Å²) in [6, 6.07) is 15.8. The third kappa shape index (κ3) is 6.52. The van der Waals surface area contributed by atoms with Crippen molar-refractivity contribution < 1.29 is 14.3 Å². The van der Waals surface area contributed by atoms with Crippen LogP contribution in [0.5, 0.6) is 5.75 Å². The maximum atomic E-state index is 12.3. The second-order valence-corrected chi connectivity index (χ2v) is 10.5. The van der Waals surface area contributed by atoms with Crippen LogP contribution in [0.3, 0.4) is 0 Å². The number of ether oxygens (including phenoxy) is 2. The van der Waals surface area contributed by atoms with E-state index in [-0.39, 0.29) is 5.91 Å². The molecule has 6 rings (SSSR count). The molecule has 2 fully saturated rings. The fourth-order valence-electron chi connectivity index (χ4n) is 5.51. The molecule has 2 aliphatic rings. The molecular formula is C32H36N8O3. The summed E-state index contributed by atoms with van der Waals surface area (Å²) >= 11 is 0. The molecule has 2 aromatic heterocycles. The molecule has 2 aromatic carbocycles. The van der Waals surface area contributed by atoms with Crippen molar-refractivity contribution in [2.75, 3.05) is 62.0 Å². The summed E-state index contributed by atoms with van der Waals surface area (Å²) in [5.41, 5.74) is 5.24. The molecule has 2 saturated heterocycles. The average Bonchev–Trinajstić information content (AvgIpc) is 3.73. The number of amides is 1. The predicted molar refractivity (Wildman–Crippen MR) is 167 cm³/mol. The minimum absolute atomic E-state index is 0.304. The summed E-state index contributed by atoms with van der Waals surface area (Å²) in [4.78, 5) is 26.2. The first-order valence-electron chi connectivity index (χ1n) is 14.6. The Balaban J connectivity index is 1.32. The molecule has 222 valence electrons. The zero-order chi connectivity index (χ0) is 29.6. The Morgan fingerprint density at radius 3 is 2.60 bits per heavy atom. The first-order chi connectivity index (χ1) is 21.1. The molecule has 0 unspecified atom stereocenters. The fourth-order valence-corrected chi connectivity index (χ4v) is 5.51. The van der Waals surface area contributed by atoms with E-state index >= 15 is 0 Å². The van der Waals surface area contributed by atoms with E-state index < -0.39 is 0 Å². The van der Waals surface area contributed by atoms with Gasteiger partial charge >= 0.3 is 0 Å². The highest BCUT2D eigenvalue weighted by atomic mass is 16.5. The number of likely N-dealkylation sites (tertiary alicyclic amines) is 1. The van der Waals surface area contributed by atoms with Gasteiger partial charge in [0, 0.05) is 55.3 Å². The average molecular weight is 581 g/mol. The molecule has 4 heterocycles. The summed E-state index contributed by atoms with van der Waals surface area (Å²) in [6.45, 7) is 9.26. The van der Waals surface area contributed by atoms with Crippen molar-refractivity contribution in [1.82, 2.24) is 24.6 Å². The molecule has 0 saturated carbocycles. The highest BCUT2D eigenvalue weighted by molar-refractivity contribution is 6.02. The van der Waals surface area contributed by atoms with Gasteiger partial charge in [-0.2, -0.15) is 10.1 Å². The van der Waals surface area contributed by atoms with E-state index in [0.717, 1.165) is 42.1 Å². The van der Waals surface area contributed by atoms with Crippen molar-refractivity contribution in [1.29, 1.82) is 0 Å². The van der Waals surface area contributed by atoms with Crippen LogP contribution >= 0.6 is 0 Å². The fraction of sp³-hybridized carbons (Fsp3) is 0.312. The second-order valence-electron chi connectivity index (χ2n) is 10.5. The molecule has 0 spiro atoms. The molecule has 0 aliphatic carbocycles. The molecule has 4 aromatic rings. The minimum Gasteiger partial charge on any atom is -0.494 e. The predicted octanol–water partition coefficient (Wildman–Crippen LogP) is 4.64. The van der Waals surface area contributed by atoms with Gasteiger partial charge < -0.3 is 25.0 Å². The van der Waals surface area contributed by atoms with Crippen LogP contribution < -0.4 is 20.3 Å². The molecule has 1 amide bonds. The van der Waals surface area contributed by atoms with E-state index in [4.69, 9.17) is 19.6 Å². The lowest BCUT2D eigenvalue weighted by atomic mass is 10.1. The highest BCUT2D eigenvalue weighted by Gasteiger charge is 2.21. The van der Waals surface area contributed by atoms with Crippen LogP contribution in [0.1, 0.15) is 18.4 Å². The zero-order valence-corrected chi connectivity index (χ0v) is 24.3. The normalized spacial score (nSPS) is 15.3. The van der Waals surface area contributed by atoms with Gasteiger partial charge in [0.05, 0.1) is 43.1 Å². The van der Waals surface area contributed by atoms with Crippen molar-refractivity contribution in [3.05, 3.63) is 79.1 Å². The van der Waals surface area contributed by atoms with Gasteiger partial charge in [-0.3, -0.25) is 9.69 Å². The summed E-state index contributed by atoms with van der Waals surface area (Å²) in [6.07, 6.45) is 7.47. The Morgan fingerprint density at radius 2 is 1.86 bits per heavy atom. The van der Waals surface area contributed by atoms with Gasteiger partial charge in [-0.1, -0.05) is 36.9 Å². The lowest BCUT2D eigenvalue weighted by Gasteiger charge is -2.31. The van der Waals surface area contributed by atoms with E-state index in [1.54, 1.807) is 13.3 Å². The third-order valence-electron chi connectivity index (χ3n) is 7.66. The first kappa shape index (κ1) is 28.4. The number of nitrogens with one attached hydrogen (secondary N) is 2. The maximum Gasteiger partial charge on any atom is 0.247 e. The molecule has 43 heavy (non-hydrogen) atoms. The van der Waals surface area contributed by atoms with Crippen molar-refractivity contribution in [3.63, 3.8) is 0 Å². The number of nitrogens with zero attached hydrogens (tertiary/aromatic N) is 6. The van der Waals surface area contributed by atoms with Gasteiger partial charge in [-0.25, -0.2) is 9.67 Å². The van der Waals surface area contributed by atoms with Gasteiger partial charge in [0.15, 0.2) is 5.82 Å². The number of methoxy groups -OCH3 is 1. The summed E-state index contributed by atoms with van der Waals surface area (Å²) < 4.78 is 13.1. The number of carbonyl (C=O) groups excluding carboxylic acids is 1. The van der Waals surface area contributed by atoms with E-state index in [0.29, 0.717) is 55.2 Å². The largest absolute Gasteiger partial charge is 0.494 e. The number of hydrogen-bond donors (Lipinski definition) is 2. The van der Waals surface area contributed by atoms with Gasteiger partial charge in [0.25, 0.3) is 0 Å². The summed E-state index contributed by atoms with van der Waals surface area (Å²) in [7, 11) is 1.61. The van der Waals surface area contributed by atoms with Crippen LogP contribution in [-0.2, 0) is 16.1 Å². The third-order valence-corrected chi connectivity index (χ3v) is 7.66. The first-order valence-corrected chi connectivity index (χ1v) is 14.6. The lowest BCUT2D eigenvalue weighted by Crippen LogP contribution is -2.36. The number of morpholine rings is 1. The van der Waals surface area contributed by atoms with E-state index in [9.17, 15) is 4.79 Å². The van der Waals surface area contributed by atoms with Crippen LogP contribution in [0.2, 0.25) is 0 Å². The summed E-state index contributed by atoms with van der Waals surface area (Å²) in [5, 5.41) is 11.2. The quantitative estimate of drug-likeness (QED) is 0.259.